The topological polar surface area (TPSA) is 90.9 Å². The second-order valence-corrected chi connectivity index (χ2v) is 12.2. The molecule has 292 valence electrons. The molecule has 1 heterocycles. The van der Waals surface area contributed by atoms with Gasteiger partial charge in [0.2, 0.25) is 0 Å². The lowest BCUT2D eigenvalue weighted by Gasteiger charge is -2.09. The molecule has 1 N–H and O–H groups in total. The zero-order valence-corrected chi connectivity index (χ0v) is 34.2. The van der Waals surface area contributed by atoms with Gasteiger partial charge >= 0.3 is 5.97 Å². The molecular weight excluding hydrogens is 602 g/mol. The van der Waals surface area contributed by atoms with Crippen LogP contribution in [0, 0.1) is 0 Å². The molecule has 7 heteroatoms. The summed E-state index contributed by atoms with van der Waals surface area (Å²) in [7, 11) is 5.07. The first-order valence-corrected chi connectivity index (χ1v) is 20.2. The Hall–Kier alpha value is -1.31. The molecule has 0 radical (unpaired) electrons. The molecule has 1 rings (SSSR count). The molecule has 0 aromatic heterocycles. The summed E-state index contributed by atoms with van der Waals surface area (Å²) >= 11 is 0. The van der Waals surface area contributed by atoms with Crippen LogP contribution in [0.1, 0.15) is 203 Å². The van der Waals surface area contributed by atoms with Crippen molar-refractivity contribution in [2.45, 2.75) is 209 Å². The van der Waals surface area contributed by atoms with E-state index in [1.54, 1.807) is 14.2 Å². The SMILES string of the molecule is CC.CCC.CCCCCCCCCCCC(=O)CC.CCCCCCCCCCCC(=O)O[C@@H]1CCOC1.CNCCC=O.COC. The molecule has 7 nitrogen and oxygen atoms in total. The van der Waals surface area contributed by atoms with Gasteiger partial charge in [0.15, 0.2) is 0 Å². The van der Waals surface area contributed by atoms with Crippen molar-refractivity contribution in [1.29, 1.82) is 0 Å². The molecule has 1 aliphatic rings. The van der Waals surface area contributed by atoms with Crippen molar-refractivity contribution in [3.63, 3.8) is 0 Å². The molecule has 0 aromatic rings. The summed E-state index contributed by atoms with van der Waals surface area (Å²) < 4.78 is 14.7. The standard InChI is InChI=1S/C16H30O3.C14H28O.C4H9NO.C3H8.C2H6O.C2H6/c1-2-3-4-5-6-7-8-9-10-11-16(17)19-15-12-13-18-14-15;1-3-5-6-7-8-9-10-11-12-13-14(15)4-2;1-5-3-2-4-6;2*1-3-2;1-2/h15H,2-14H2,1H3;3-13H2,1-2H3;4-5H,2-3H2,1H3;3H2,1-2H3;1-2H3;1-2H3/t15-;;;;;/m1...../s1. The number of Topliss-reactive ketones (excluding diaryl/α,β-unsaturated/α-hetero) is 1. The molecule has 0 spiro atoms. The average molecular weight is 690 g/mol. The molecular formula is C41H87NO6. The van der Waals surface area contributed by atoms with Crippen LogP contribution in [0.3, 0.4) is 0 Å². The van der Waals surface area contributed by atoms with Gasteiger partial charge in [-0.25, -0.2) is 0 Å². The normalized spacial score (nSPS) is 12.6. The van der Waals surface area contributed by atoms with Crippen molar-refractivity contribution in [2.75, 3.05) is 41.0 Å². The van der Waals surface area contributed by atoms with E-state index in [1.807, 2.05) is 27.8 Å². The Kier molecular flexibility index (Phi) is 67.7. The summed E-state index contributed by atoms with van der Waals surface area (Å²) in [4.78, 5) is 32.1. The Labute approximate surface area is 301 Å². The van der Waals surface area contributed by atoms with Crippen LogP contribution in [0.2, 0.25) is 0 Å². The monoisotopic (exact) mass is 690 g/mol. The van der Waals surface area contributed by atoms with Gasteiger partial charge in [-0.2, -0.15) is 0 Å². The zero-order chi connectivity index (χ0) is 37.4. The fourth-order valence-corrected chi connectivity index (χ4v) is 4.44. The number of nitrogens with one attached hydrogen (secondary N) is 1. The number of carbonyl (C=O) groups is 3. The third kappa shape index (κ3) is 63.4. The molecule has 0 saturated carbocycles. The quantitative estimate of drug-likeness (QED) is 0.0579. The smallest absolute Gasteiger partial charge is 0.306 e. The van der Waals surface area contributed by atoms with E-state index in [4.69, 9.17) is 9.47 Å². The average Bonchev–Trinajstić information content (AvgIpc) is 3.61. The van der Waals surface area contributed by atoms with Gasteiger partial charge in [0, 0.05) is 52.9 Å². The molecule has 1 saturated heterocycles. The summed E-state index contributed by atoms with van der Waals surface area (Å²) in [5.41, 5.74) is 0. The molecule has 0 aromatic carbocycles. The molecule has 0 aliphatic carbocycles. The highest BCUT2D eigenvalue weighted by Gasteiger charge is 2.19. The van der Waals surface area contributed by atoms with Crippen LogP contribution in [-0.4, -0.2) is 65.2 Å². The van der Waals surface area contributed by atoms with Crippen LogP contribution >= 0.6 is 0 Å². The fourth-order valence-electron chi connectivity index (χ4n) is 4.44. The number of ether oxygens (including phenoxy) is 3. The molecule has 0 unspecified atom stereocenters. The lowest BCUT2D eigenvalue weighted by atomic mass is 10.1. The molecule has 48 heavy (non-hydrogen) atoms. The number of hydrogen-bond donors (Lipinski definition) is 1. The Morgan fingerprint density at radius 2 is 1.10 bits per heavy atom. The second kappa shape index (κ2) is 57.9. The molecule has 0 amide bonds. The van der Waals surface area contributed by atoms with Gasteiger partial charge in [-0.15, -0.1) is 0 Å². The van der Waals surface area contributed by atoms with Crippen molar-refractivity contribution in [3.05, 3.63) is 0 Å². The van der Waals surface area contributed by atoms with E-state index in [0.29, 0.717) is 25.2 Å². The largest absolute Gasteiger partial charge is 0.460 e. The zero-order valence-electron chi connectivity index (χ0n) is 34.2. The van der Waals surface area contributed by atoms with Crippen LogP contribution in [0.4, 0.5) is 0 Å². The predicted molar refractivity (Wildman–Crippen MR) is 209 cm³/mol. The van der Waals surface area contributed by atoms with Gasteiger partial charge in [-0.3, -0.25) is 9.59 Å². The van der Waals surface area contributed by atoms with E-state index < -0.39 is 0 Å². The lowest BCUT2D eigenvalue weighted by Crippen LogP contribution is -2.17. The van der Waals surface area contributed by atoms with Crippen LogP contribution < -0.4 is 5.32 Å². The van der Waals surface area contributed by atoms with Crippen molar-refractivity contribution in [3.8, 4) is 0 Å². The van der Waals surface area contributed by atoms with Crippen LogP contribution in [0.15, 0.2) is 0 Å². The van der Waals surface area contributed by atoms with Crippen molar-refractivity contribution in [1.82, 2.24) is 5.32 Å². The summed E-state index contributed by atoms with van der Waals surface area (Å²) in [6.45, 7) is 16.8. The van der Waals surface area contributed by atoms with Crippen molar-refractivity contribution < 1.29 is 28.6 Å². The second-order valence-electron chi connectivity index (χ2n) is 12.2. The Balaban J connectivity index is -0.000000188. The Morgan fingerprint density at radius 1 is 0.708 bits per heavy atom. The first-order valence-electron chi connectivity index (χ1n) is 20.2. The number of ketones is 1. The minimum absolute atomic E-state index is 0.0195. The van der Waals surface area contributed by atoms with Gasteiger partial charge in [0.05, 0.1) is 13.2 Å². The predicted octanol–water partition coefficient (Wildman–Crippen LogP) is 11.6. The minimum atomic E-state index is -0.0431. The van der Waals surface area contributed by atoms with E-state index in [1.165, 1.54) is 103 Å². The minimum Gasteiger partial charge on any atom is -0.460 e. The van der Waals surface area contributed by atoms with Gasteiger partial charge < -0.3 is 24.3 Å². The van der Waals surface area contributed by atoms with E-state index in [9.17, 15) is 14.4 Å². The maximum absolute atomic E-state index is 11.5. The number of rotatable bonds is 25. The van der Waals surface area contributed by atoms with Gasteiger partial charge in [-0.1, -0.05) is 158 Å². The first-order chi connectivity index (χ1) is 23.4. The fraction of sp³-hybridized carbons (Fsp3) is 0.927. The highest BCUT2D eigenvalue weighted by atomic mass is 16.6. The number of hydrogen-bond acceptors (Lipinski definition) is 7. The van der Waals surface area contributed by atoms with Crippen LogP contribution in [0.25, 0.3) is 0 Å². The molecule has 1 aliphatic heterocycles. The number of unbranched alkanes of at least 4 members (excludes halogenated alkanes) is 16. The van der Waals surface area contributed by atoms with Crippen molar-refractivity contribution >= 4 is 18.0 Å². The Morgan fingerprint density at radius 3 is 1.42 bits per heavy atom. The first kappa shape index (κ1) is 56.1. The Bertz CT molecular complexity index is 565. The maximum atomic E-state index is 11.5. The van der Waals surface area contributed by atoms with Gasteiger partial charge in [-0.05, 0) is 19.9 Å². The maximum Gasteiger partial charge on any atom is 0.306 e. The third-order valence-corrected chi connectivity index (χ3v) is 7.14. The van der Waals surface area contributed by atoms with E-state index >= 15 is 0 Å². The molecule has 1 atom stereocenters. The van der Waals surface area contributed by atoms with Crippen LogP contribution in [-0.2, 0) is 28.6 Å². The number of carbonyl (C=O) groups excluding carboxylic acids is 3. The molecule has 0 bridgehead atoms. The lowest BCUT2D eigenvalue weighted by molar-refractivity contribution is -0.149. The van der Waals surface area contributed by atoms with Gasteiger partial charge in [0.25, 0.3) is 0 Å². The van der Waals surface area contributed by atoms with E-state index in [2.05, 4.69) is 37.7 Å². The summed E-state index contributed by atoms with van der Waals surface area (Å²) in [6, 6.07) is 0. The summed E-state index contributed by atoms with van der Waals surface area (Å²) in [5.74, 6) is 0.386. The van der Waals surface area contributed by atoms with E-state index in [0.717, 1.165) is 58.0 Å². The number of esters is 1. The number of methoxy groups -OCH3 is 1. The van der Waals surface area contributed by atoms with Crippen LogP contribution in [0.5, 0.6) is 0 Å². The van der Waals surface area contributed by atoms with Gasteiger partial charge in [0.1, 0.15) is 18.2 Å². The van der Waals surface area contributed by atoms with Crippen molar-refractivity contribution in [2.24, 2.45) is 0 Å². The highest BCUT2D eigenvalue weighted by Crippen LogP contribution is 2.13. The summed E-state index contributed by atoms with van der Waals surface area (Å²) in [6.07, 6.45) is 29.2. The third-order valence-electron chi connectivity index (χ3n) is 7.14. The molecule has 1 fully saturated rings. The number of aldehydes is 1. The summed E-state index contributed by atoms with van der Waals surface area (Å²) in [5, 5.41) is 2.84. The van der Waals surface area contributed by atoms with E-state index in [-0.39, 0.29) is 12.1 Å². The highest BCUT2D eigenvalue weighted by molar-refractivity contribution is 5.77.